The van der Waals surface area contributed by atoms with E-state index in [2.05, 4.69) is 14.9 Å². The average molecular weight is 437 g/mol. The molecule has 166 valence electrons. The van der Waals surface area contributed by atoms with Crippen molar-refractivity contribution in [1.82, 2.24) is 14.9 Å². The molecule has 3 saturated heterocycles. The Balaban J connectivity index is 1.41. The molecule has 7 nitrogen and oxygen atoms in total. The van der Waals surface area contributed by atoms with Crippen molar-refractivity contribution in [2.45, 2.75) is 76.7 Å². The molecule has 1 aromatic heterocycles. The number of halogens is 1. The Bertz CT molecular complexity index is 740. The standard InChI is InChI=1S/C22H33ClN4O3/c1-22(2,3)30-21(28)27-16-5-6-17(27)10-14(9-16)18-7-8-26(13-19(18)29-4)20-24-11-15(23)12-25-20/h11-12,14,16-19H,5-10,13H2,1-4H3/t14?,16-,17+,18-,19-/m1/s1. The molecule has 5 atom stereocenters. The van der Waals surface area contributed by atoms with Crippen molar-refractivity contribution in [3.05, 3.63) is 17.4 Å². The topological polar surface area (TPSA) is 67.8 Å². The summed E-state index contributed by atoms with van der Waals surface area (Å²) in [5.74, 6) is 1.77. The maximum Gasteiger partial charge on any atom is 0.410 e. The lowest BCUT2D eigenvalue weighted by Gasteiger charge is -2.46. The maximum atomic E-state index is 12.8. The summed E-state index contributed by atoms with van der Waals surface area (Å²) in [6, 6.07) is 0.581. The number of anilines is 1. The van der Waals surface area contributed by atoms with Crippen LogP contribution >= 0.6 is 11.6 Å². The lowest BCUT2D eigenvalue weighted by Crippen LogP contribution is -2.53. The zero-order valence-corrected chi connectivity index (χ0v) is 19.1. The third-order valence-corrected chi connectivity index (χ3v) is 6.98. The van der Waals surface area contributed by atoms with Crippen LogP contribution in [0.2, 0.25) is 5.02 Å². The monoisotopic (exact) mass is 436 g/mol. The van der Waals surface area contributed by atoms with E-state index in [1.165, 1.54) is 0 Å². The fourth-order valence-corrected chi connectivity index (χ4v) is 5.65. The second-order valence-corrected chi connectivity index (χ2v) is 10.3. The number of hydrogen-bond donors (Lipinski definition) is 0. The van der Waals surface area contributed by atoms with Crippen LogP contribution in [0, 0.1) is 11.8 Å². The van der Waals surface area contributed by atoms with E-state index in [1.54, 1.807) is 19.5 Å². The third-order valence-electron chi connectivity index (χ3n) is 6.78. The van der Waals surface area contributed by atoms with Crippen LogP contribution in [0.15, 0.2) is 12.4 Å². The molecule has 1 amide bonds. The van der Waals surface area contributed by atoms with E-state index < -0.39 is 5.60 Å². The molecule has 3 aliphatic rings. The van der Waals surface area contributed by atoms with Crippen LogP contribution in [0.5, 0.6) is 0 Å². The molecule has 30 heavy (non-hydrogen) atoms. The Hall–Kier alpha value is -1.60. The SMILES string of the molecule is CO[C@@H]1CN(c2ncc(Cl)cn2)CC[C@@H]1C1C[C@H]2CC[C@@H](C1)N2C(=O)OC(C)(C)C. The minimum Gasteiger partial charge on any atom is -0.444 e. The fraction of sp³-hybridized carbons (Fsp3) is 0.773. The van der Waals surface area contributed by atoms with Crippen molar-refractivity contribution in [2.75, 3.05) is 25.1 Å². The lowest BCUT2D eigenvalue weighted by molar-refractivity contribution is -0.0266. The zero-order valence-electron chi connectivity index (χ0n) is 18.4. The summed E-state index contributed by atoms with van der Waals surface area (Å²) in [4.78, 5) is 25.7. The summed E-state index contributed by atoms with van der Waals surface area (Å²) in [5, 5.41) is 0.546. The molecular weight excluding hydrogens is 404 g/mol. The maximum absolute atomic E-state index is 12.8. The predicted molar refractivity (Wildman–Crippen MR) is 116 cm³/mol. The number of ether oxygens (including phenoxy) is 2. The highest BCUT2D eigenvalue weighted by Gasteiger charge is 2.48. The molecule has 0 aromatic carbocycles. The minimum atomic E-state index is -0.453. The summed E-state index contributed by atoms with van der Waals surface area (Å²) in [5.41, 5.74) is -0.453. The largest absolute Gasteiger partial charge is 0.444 e. The summed E-state index contributed by atoms with van der Waals surface area (Å²) in [7, 11) is 1.80. The number of amides is 1. The molecule has 0 N–H and O–H groups in total. The molecule has 0 saturated carbocycles. The Labute approximate surface area is 184 Å². The molecular formula is C22H33ClN4O3. The second kappa shape index (κ2) is 8.50. The molecule has 4 rings (SSSR count). The average Bonchev–Trinajstić information content (AvgIpc) is 2.97. The molecule has 0 spiro atoms. The molecule has 4 heterocycles. The number of piperidine rings is 2. The van der Waals surface area contributed by atoms with Gasteiger partial charge in [0.05, 0.1) is 23.5 Å². The molecule has 3 aliphatic heterocycles. The van der Waals surface area contributed by atoms with E-state index >= 15 is 0 Å². The highest BCUT2D eigenvalue weighted by molar-refractivity contribution is 6.30. The van der Waals surface area contributed by atoms with Gasteiger partial charge in [-0.05, 0) is 64.7 Å². The molecule has 0 aliphatic carbocycles. The summed E-state index contributed by atoms with van der Waals surface area (Å²) in [6.45, 7) is 7.49. The van der Waals surface area contributed by atoms with Gasteiger partial charge in [0, 0.05) is 32.3 Å². The zero-order chi connectivity index (χ0) is 21.5. The molecule has 1 unspecified atom stereocenters. The lowest BCUT2D eigenvalue weighted by atomic mass is 9.75. The van der Waals surface area contributed by atoms with Crippen molar-refractivity contribution in [3.63, 3.8) is 0 Å². The van der Waals surface area contributed by atoms with Crippen molar-refractivity contribution >= 4 is 23.6 Å². The van der Waals surface area contributed by atoms with Gasteiger partial charge in [-0.2, -0.15) is 0 Å². The van der Waals surface area contributed by atoms with E-state index in [0.29, 0.717) is 34.9 Å². The number of methoxy groups -OCH3 is 1. The number of aromatic nitrogens is 2. The third kappa shape index (κ3) is 4.52. The first-order chi connectivity index (χ1) is 14.2. The van der Waals surface area contributed by atoms with Gasteiger partial charge in [-0.15, -0.1) is 0 Å². The first-order valence-electron chi connectivity index (χ1n) is 11.0. The van der Waals surface area contributed by atoms with Gasteiger partial charge in [-0.25, -0.2) is 14.8 Å². The van der Waals surface area contributed by atoms with Crippen LogP contribution in [0.4, 0.5) is 10.7 Å². The summed E-state index contributed by atoms with van der Waals surface area (Å²) >= 11 is 5.93. The van der Waals surface area contributed by atoms with Gasteiger partial charge >= 0.3 is 6.09 Å². The smallest absolute Gasteiger partial charge is 0.410 e. The van der Waals surface area contributed by atoms with Crippen molar-refractivity contribution in [3.8, 4) is 0 Å². The molecule has 0 radical (unpaired) electrons. The number of carbonyl (C=O) groups excluding carboxylic acids is 1. The van der Waals surface area contributed by atoms with Crippen LogP contribution < -0.4 is 4.90 Å². The van der Waals surface area contributed by atoms with Gasteiger partial charge in [0.15, 0.2) is 0 Å². The second-order valence-electron chi connectivity index (χ2n) is 9.88. The van der Waals surface area contributed by atoms with E-state index in [9.17, 15) is 4.79 Å². The van der Waals surface area contributed by atoms with Gasteiger partial charge in [-0.3, -0.25) is 0 Å². The molecule has 3 fully saturated rings. The summed E-state index contributed by atoms with van der Waals surface area (Å²) < 4.78 is 11.6. The quantitative estimate of drug-likeness (QED) is 0.709. The Kier molecular flexibility index (Phi) is 6.13. The van der Waals surface area contributed by atoms with E-state index in [4.69, 9.17) is 21.1 Å². The molecule has 1 aromatic rings. The van der Waals surface area contributed by atoms with Gasteiger partial charge < -0.3 is 19.3 Å². The Morgan fingerprint density at radius 1 is 1.13 bits per heavy atom. The Morgan fingerprint density at radius 3 is 2.33 bits per heavy atom. The van der Waals surface area contributed by atoms with Crippen LogP contribution in [0.3, 0.4) is 0 Å². The number of carbonyl (C=O) groups is 1. The predicted octanol–water partition coefficient (Wildman–Crippen LogP) is 4.15. The van der Waals surface area contributed by atoms with Crippen LogP contribution in [-0.2, 0) is 9.47 Å². The van der Waals surface area contributed by atoms with Gasteiger partial charge in [0.2, 0.25) is 5.95 Å². The number of fused-ring (bicyclic) bond motifs is 2. The first kappa shape index (κ1) is 21.6. The first-order valence-corrected chi connectivity index (χ1v) is 11.4. The van der Waals surface area contributed by atoms with Crippen LogP contribution in [-0.4, -0.2) is 64.9 Å². The van der Waals surface area contributed by atoms with Crippen molar-refractivity contribution in [2.24, 2.45) is 11.8 Å². The van der Waals surface area contributed by atoms with E-state index in [-0.39, 0.29) is 12.2 Å². The van der Waals surface area contributed by atoms with Crippen LogP contribution in [0.25, 0.3) is 0 Å². The van der Waals surface area contributed by atoms with E-state index in [0.717, 1.165) is 45.2 Å². The summed E-state index contributed by atoms with van der Waals surface area (Å²) in [6.07, 6.45) is 8.55. The van der Waals surface area contributed by atoms with Gasteiger partial charge in [-0.1, -0.05) is 11.6 Å². The van der Waals surface area contributed by atoms with Gasteiger partial charge in [0.25, 0.3) is 0 Å². The Morgan fingerprint density at radius 2 is 1.77 bits per heavy atom. The molecule has 2 bridgehead atoms. The number of nitrogens with zero attached hydrogens (tertiary/aromatic N) is 4. The van der Waals surface area contributed by atoms with Crippen molar-refractivity contribution in [1.29, 1.82) is 0 Å². The van der Waals surface area contributed by atoms with Crippen LogP contribution in [0.1, 0.15) is 52.9 Å². The van der Waals surface area contributed by atoms with Crippen molar-refractivity contribution < 1.29 is 14.3 Å². The minimum absolute atomic E-state index is 0.135. The normalized spacial score (nSPS) is 31.7. The number of rotatable bonds is 3. The van der Waals surface area contributed by atoms with Gasteiger partial charge in [0.1, 0.15) is 5.60 Å². The highest BCUT2D eigenvalue weighted by Crippen LogP contribution is 2.45. The number of hydrogen-bond acceptors (Lipinski definition) is 6. The highest BCUT2D eigenvalue weighted by atomic mass is 35.5. The molecule has 8 heteroatoms. The van der Waals surface area contributed by atoms with E-state index in [1.807, 2.05) is 25.7 Å². The fourth-order valence-electron chi connectivity index (χ4n) is 5.56.